The van der Waals surface area contributed by atoms with E-state index >= 15 is 0 Å². The Bertz CT molecular complexity index is 358. The topological polar surface area (TPSA) is 66.9 Å². The first-order valence-corrected chi connectivity index (χ1v) is 5.84. The first-order valence-electron chi connectivity index (χ1n) is 4.26. The molecular formula is C8H10Br2N4O. The minimum atomic E-state index is -0.0957. The minimum absolute atomic E-state index is 0.0957. The lowest BCUT2D eigenvalue weighted by atomic mass is 10.4. The van der Waals surface area contributed by atoms with Crippen molar-refractivity contribution in [2.24, 2.45) is 0 Å². The van der Waals surface area contributed by atoms with Crippen LogP contribution in [0.15, 0.2) is 15.4 Å². The van der Waals surface area contributed by atoms with Crippen LogP contribution < -0.4 is 10.6 Å². The smallest absolute Gasteiger partial charge is 0.226 e. The van der Waals surface area contributed by atoms with Gasteiger partial charge >= 0.3 is 0 Å². The third-order valence-corrected chi connectivity index (χ3v) is 2.50. The zero-order chi connectivity index (χ0) is 11.3. The van der Waals surface area contributed by atoms with Crippen LogP contribution in [0, 0.1) is 0 Å². The highest BCUT2D eigenvalue weighted by Gasteiger charge is 2.07. The number of anilines is 1. The van der Waals surface area contributed by atoms with Crippen molar-refractivity contribution in [2.75, 3.05) is 18.9 Å². The lowest BCUT2D eigenvalue weighted by molar-refractivity contribution is -0.116. The molecule has 7 heteroatoms. The number of amides is 1. The maximum absolute atomic E-state index is 11.4. The van der Waals surface area contributed by atoms with Crippen LogP contribution in [0.5, 0.6) is 0 Å². The van der Waals surface area contributed by atoms with E-state index in [2.05, 4.69) is 52.5 Å². The van der Waals surface area contributed by atoms with E-state index in [1.807, 2.05) is 0 Å². The third kappa shape index (κ3) is 4.23. The molecule has 0 unspecified atom stereocenters. The molecule has 5 nitrogen and oxygen atoms in total. The Kier molecular flexibility index (Phi) is 5.13. The molecule has 0 aliphatic carbocycles. The molecule has 82 valence electrons. The van der Waals surface area contributed by atoms with Crippen LogP contribution in [0.25, 0.3) is 0 Å². The van der Waals surface area contributed by atoms with Gasteiger partial charge < -0.3 is 10.6 Å². The van der Waals surface area contributed by atoms with Crippen molar-refractivity contribution in [3.8, 4) is 0 Å². The monoisotopic (exact) mass is 336 g/mol. The molecule has 0 fully saturated rings. The molecule has 1 amide bonds. The van der Waals surface area contributed by atoms with Crippen molar-refractivity contribution < 1.29 is 4.79 Å². The van der Waals surface area contributed by atoms with Crippen molar-refractivity contribution in [1.82, 2.24) is 15.3 Å². The second kappa shape index (κ2) is 6.14. The molecule has 2 N–H and O–H groups in total. The summed E-state index contributed by atoms with van der Waals surface area (Å²) in [4.78, 5) is 19.4. The van der Waals surface area contributed by atoms with E-state index in [4.69, 9.17) is 0 Å². The fourth-order valence-corrected chi connectivity index (χ4v) is 1.77. The summed E-state index contributed by atoms with van der Waals surface area (Å²) in [7, 11) is 1.79. The van der Waals surface area contributed by atoms with Crippen LogP contribution in [-0.2, 0) is 4.79 Å². The van der Waals surface area contributed by atoms with Crippen LogP contribution in [0.2, 0.25) is 0 Å². The first-order chi connectivity index (χ1) is 7.13. The van der Waals surface area contributed by atoms with E-state index in [-0.39, 0.29) is 5.91 Å². The maximum atomic E-state index is 11.4. The van der Waals surface area contributed by atoms with E-state index in [0.29, 0.717) is 28.0 Å². The Hall–Kier alpha value is -0.530. The van der Waals surface area contributed by atoms with Crippen LogP contribution in [0.3, 0.4) is 0 Å². The predicted molar refractivity (Wildman–Crippen MR) is 64.6 cm³/mol. The van der Waals surface area contributed by atoms with Crippen LogP contribution >= 0.6 is 31.9 Å². The van der Waals surface area contributed by atoms with Gasteiger partial charge in [-0.1, -0.05) is 0 Å². The molecule has 0 aromatic carbocycles. The Morgan fingerprint density at radius 2 is 2.27 bits per heavy atom. The molecule has 0 aliphatic rings. The zero-order valence-electron chi connectivity index (χ0n) is 8.05. The SMILES string of the molecule is CNCCC(=O)Nc1ncc(Br)nc1Br. The predicted octanol–water partition coefficient (Wildman–Crippen LogP) is 1.55. The second-order valence-electron chi connectivity index (χ2n) is 2.73. The molecule has 0 aliphatic heterocycles. The minimum Gasteiger partial charge on any atom is -0.319 e. The van der Waals surface area contributed by atoms with Crippen molar-refractivity contribution in [3.05, 3.63) is 15.4 Å². The number of aromatic nitrogens is 2. The van der Waals surface area contributed by atoms with Crippen LogP contribution in [0.4, 0.5) is 5.82 Å². The fourth-order valence-electron chi connectivity index (χ4n) is 0.864. The summed E-state index contributed by atoms with van der Waals surface area (Å²) in [5.41, 5.74) is 0. The number of hydrogen-bond donors (Lipinski definition) is 2. The fraction of sp³-hybridized carbons (Fsp3) is 0.375. The van der Waals surface area contributed by atoms with E-state index in [0.717, 1.165) is 0 Å². The van der Waals surface area contributed by atoms with E-state index in [9.17, 15) is 4.79 Å². The van der Waals surface area contributed by atoms with Gasteiger partial charge in [-0.15, -0.1) is 0 Å². The van der Waals surface area contributed by atoms with Gasteiger partial charge in [0.15, 0.2) is 5.82 Å². The van der Waals surface area contributed by atoms with Crippen LogP contribution in [0.1, 0.15) is 6.42 Å². The highest BCUT2D eigenvalue weighted by Crippen LogP contribution is 2.19. The molecule has 0 radical (unpaired) electrons. The number of rotatable bonds is 4. The lowest BCUT2D eigenvalue weighted by Crippen LogP contribution is -2.19. The van der Waals surface area contributed by atoms with Crippen molar-refractivity contribution >= 4 is 43.6 Å². The second-order valence-corrected chi connectivity index (χ2v) is 4.30. The number of carbonyl (C=O) groups is 1. The highest BCUT2D eigenvalue weighted by atomic mass is 79.9. The Morgan fingerprint density at radius 3 is 2.87 bits per heavy atom. The van der Waals surface area contributed by atoms with Crippen molar-refractivity contribution in [2.45, 2.75) is 6.42 Å². The van der Waals surface area contributed by atoms with Crippen molar-refractivity contribution in [1.29, 1.82) is 0 Å². The third-order valence-electron chi connectivity index (χ3n) is 1.56. The summed E-state index contributed by atoms with van der Waals surface area (Å²) < 4.78 is 1.12. The average Bonchev–Trinajstić information content (AvgIpc) is 2.19. The summed E-state index contributed by atoms with van der Waals surface area (Å²) in [5.74, 6) is 0.334. The number of nitrogens with zero attached hydrogens (tertiary/aromatic N) is 2. The zero-order valence-corrected chi connectivity index (χ0v) is 11.2. The quantitative estimate of drug-likeness (QED) is 0.874. The summed E-state index contributed by atoms with van der Waals surface area (Å²) in [6.07, 6.45) is 1.93. The molecule has 0 spiro atoms. The van der Waals surface area contributed by atoms with Gasteiger partial charge in [0.2, 0.25) is 5.91 Å². The van der Waals surface area contributed by atoms with Gasteiger partial charge in [-0.05, 0) is 38.9 Å². The number of hydrogen-bond acceptors (Lipinski definition) is 4. The standard InChI is InChI=1S/C8H10Br2N4O/c1-11-3-2-6(15)14-8-7(10)13-5(9)4-12-8/h4,11H,2-3H2,1H3,(H,12,14,15). The number of carbonyl (C=O) groups excluding carboxylic acids is 1. The van der Waals surface area contributed by atoms with E-state index < -0.39 is 0 Å². The Labute approximate surface area is 104 Å². The molecule has 15 heavy (non-hydrogen) atoms. The highest BCUT2D eigenvalue weighted by molar-refractivity contribution is 9.11. The van der Waals surface area contributed by atoms with Gasteiger partial charge in [0.25, 0.3) is 0 Å². The van der Waals surface area contributed by atoms with Gasteiger partial charge in [0.05, 0.1) is 6.20 Å². The number of nitrogens with one attached hydrogen (secondary N) is 2. The van der Waals surface area contributed by atoms with Gasteiger partial charge in [-0.25, -0.2) is 9.97 Å². The molecular weight excluding hydrogens is 328 g/mol. The molecule has 1 heterocycles. The molecule has 1 aromatic rings. The summed E-state index contributed by atoms with van der Waals surface area (Å²) >= 11 is 6.39. The van der Waals surface area contributed by atoms with Crippen LogP contribution in [-0.4, -0.2) is 29.5 Å². The first kappa shape index (κ1) is 12.5. The molecule has 1 aromatic heterocycles. The molecule has 1 rings (SSSR count). The Balaban J connectivity index is 2.60. The normalized spacial score (nSPS) is 10.1. The Morgan fingerprint density at radius 1 is 1.53 bits per heavy atom. The molecule has 0 saturated carbocycles. The van der Waals surface area contributed by atoms with Crippen molar-refractivity contribution in [3.63, 3.8) is 0 Å². The summed E-state index contributed by atoms with van der Waals surface area (Å²) in [5, 5.41) is 5.54. The molecule has 0 bridgehead atoms. The van der Waals surface area contributed by atoms with Gasteiger partial charge in [0.1, 0.15) is 9.21 Å². The van der Waals surface area contributed by atoms with Gasteiger partial charge in [-0.2, -0.15) is 0 Å². The summed E-state index contributed by atoms with van der Waals surface area (Å²) in [6, 6.07) is 0. The molecule has 0 atom stereocenters. The van der Waals surface area contributed by atoms with Gasteiger partial charge in [-0.3, -0.25) is 4.79 Å². The van der Waals surface area contributed by atoms with Gasteiger partial charge in [0, 0.05) is 13.0 Å². The summed E-state index contributed by atoms with van der Waals surface area (Å²) in [6.45, 7) is 0.632. The average molecular weight is 338 g/mol. The number of halogens is 2. The van der Waals surface area contributed by atoms with E-state index in [1.54, 1.807) is 7.05 Å². The van der Waals surface area contributed by atoms with E-state index in [1.165, 1.54) is 6.20 Å². The largest absolute Gasteiger partial charge is 0.319 e. The lowest BCUT2D eigenvalue weighted by Gasteiger charge is -2.05. The maximum Gasteiger partial charge on any atom is 0.226 e. The molecule has 0 saturated heterocycles.